The first-order valence-electron chi connectivity index (χ1n) is 6.20. The summed E-state index contributed by atoms with van der Waals surface area (Å²) in [5.74, 6) is 0.342. The van der Waals surface area contributed by atoms with Gasteiger partial charge in [-0.3, -0.25) is 25.2 Å². The lowest BCUT2D eigenvalue weighted by Crippen LogP contribution is -2.49. The van der Waals surface area contributed by atoms with Crippen molar-refractivity contribution in [1.82, 2.24) is 10.2 Å². The number of para-hydroxylation sites is 1. The number of carbonyl (C=O) groups excluding carboxylic acids is 1. The highest BCUT2D eigenvalue weighted by molar-refractivity contribution is 6.11. The Balaban J connectivity index is 1.94. The van der Waals surface area contributed by atoms with Crippen LogP contribution in [0.2, 0.25) is 0 Å². The smallest absolute Gasteiger partial charge is 0.276 e. The van der Waals surface area contributed by atoms with Crippen LogP contribution in [0.15, 0.2) is 34.8 Å². The Morgan fingerprint density at radius 3 is 3.00 bits per heavy atom. The fourth-order valence-electron chi connectivity index (χ4n) is 2.29. The van der Waals surface area contributed by atoms with Crippen molar-refractivity contribution in [2.45, 2.75) is 0 Å². The number of carbonyl (C=O) groups is 1. The van der Waals surface area contributed by atoms with Crippen molar-refractivity contribution >= 4 is 23.6 Å². The monoisotopic (exact) mass is 272 g/mol. The molecule has 102 valence electrons. The molecule has 2 aliphatic rings. The standard InChI is InChI=1S/C13H12N4O3/c18-12-10(8-16-6-5-14-13(16)15-12)7-9-3-1-2-4-11(9)17(19)20/h1-4,7H,5-6,8H2,(H,14,15,18)/b10-7+. The average molecular weight is 272 g/mol. The predicted molar refractivity (Wildman–Crippen MR) is 73.1 cm³/mol. The molecule has 2 aliphatic heterocycles. The Morgan fingerprint density at radius 2 is 2.20 bits per heavy atom. The van der Waals surface area contributed by atoms with E-state index in [1.54, 1.807) is 24.3 Å². The maximum atomic E-state index is 12.0. The molecule has 7 heteroatoms. The van der Waals surface area contributed by atoms with Crippen LogP contribution >= 0.6 is 0 Å². The molecule has 0 aromatic heterocycles. The van der Waals surface area contributed by atoms with Gasteiger partial charge in [0.05, 0.1) is 23.6 Å². The number of hydrogen-bond acceptors (Lipinski definition) is 5. The molecule has 1 amide bonds. The summed E-state index contributed by atoms with van der Waals surface area (Å²) in [6.45, 7) is 1.84. The molecule has 1 saturated heterocycles. The number of benzene rings is 1. The molecule has 3 rings (SSSR count). The van der Waals surface area contributed by atoms with Gasteiger partial charge in [-0.1, -0.05) is 12.1 Å². The number of nitrogens with one attached hydrogen (secondary N) is 1. The molecular weight excluding hydrogens is 260 g/mol. The Bertz CT molecular complexity index is 651. The molecule has 1 fully saturated rings. The second-order valence-corrected chi connectivity index (χ2v) is 4.57. The van der Waals surface area contributed by atoms with Gasteiger partial charge in [-0.25, -0.2) is 0 Å². The number of nitro benzene ring substituents is 1. The molecule has 0 radical (unpaired) electrons. The van der Waals surface area contributed by atoms with Gasteiger partial charge in [-0.15, -0.1) is 0 Å². The van der Waals surface area contributed by atoms with Gasteiger partial charge in [0.15, 0.2) is 0 Å². The third-order valence-electron chi connectivity index (χ3n) is 3.27. The molecule has 1 aromatic carbocycles. The SMILES string of the molecule is O=C1NC2=NCCN2C/C1=C\c1ccccc1[N+](=O)[O-]. The van der Waals surface area contributed by atoms with Crippen molar-refractivity contribution in [3.05, 3.63) is 45.5 Å². The molecular formula is C13H12N4O3. The number of hydrogen-bond donors (Lipinski definition) is 1. The zero-order chi connectivity index (χ0) is 14.1. The minimum Gasteiger partial charge on any atom is -0.336 e. The molecule has 1 N–H and O–H groups in total. The zero-order valence-electron chi connectivity index (χ0n) is 10.6. The minimum absolute atomic E-state index is 0.00585. The van der Waals surface area contributed by atoms with E-state index in [1.165, 1.54) is 6.07 Å². The number of amides is 1. The molecule has 0 aliphatic carbocycles. The average Bonchev–Trinajstić information content (AvgIpc) is 2.86. The van der Waals surface area contributed by atoms with Crippen molar-refractivity contribution in [3.8, 4) is 0 Å². The maximum Gasteiger partial charge on any atom is 0.276 e. The van der Waals surface area contributed by atoms with E-state index in [1.807, 2.05) is 4.90 Å². The fourth-order valence-corrected chi connectivity index (χ4v) is 2.29. The summed E-state index contributed by atoms with van der Waals surface area (Å²) in [7, 11) is 0. The van der Waals surface area contributed by atoms with E-state index in [4.69, 9.17) is 0 Å². The van der Waals surface area contributed by atoms with Crippen molar-refractivity contribution in [1.29, 1.82) is 0 Å². The third-order valence-corrected chi connectivity index (χ3v) is 3.27. The number of nitrogens with zero attached hydrogens (tertiary/aromatic N) is 3. The molecule has 0 saturated carbocycles. The number of fused-ring (bicyclic) bond motifs is 1. The van der Waals surface area contributed by atoms with E-state index in [2.05, 4.69) is 10.3 Å². The van der Waals surface area contributed by atoms with Crippen LogP contribution in [0.4, 0.5) is 5.69 Å². The van der Waals surface area contributed by atoms with Crippen molar-refractivity contribution < 1.29 is 9.72 Å². The number of aliphatic imine (C=N–C) groups is 1. The van der Waals surface area contributed by atoms with Crippen LogP contribution in [0.5, 0.6) is 0 Å². The highest BCUT2D eigenvalue weighted by Crippen LogP contribution is 2.22. The van der Waals surface area contributed by atoms with Crippen LogP contribution in [0, 0.1) is 10.1 Å². The molecule has 2 heterocycles. The Hall–Kier alpha value is -2.70. The molecule has 0 atom stereocenters. The second kappa shape index (κ2) is 4.76. The predicted octanol–water partition coefficient (Wildman–Crippen LogP) is 0.780. The summed E-state index contributed by atoms with van der Waals surface area (Å²) in [4.78, 5) is 28.6. The highest BCUT2D eigenvalue weighted by Gasteiger charge is 2.28. The molecule has 0 unspecified atom stereocenters. The summed E-state index contributed by atoms with van der Waals surface area (Å²) in [5, 5.41) is 13.7. The van der Waals surface area contributed by atoms with E-state index in [-0.39, 0.29) is 11.6 Å². The molecule has 0 spiro atoms. The number of nitro groups is 1. The van der Waals surface area contributed by atoms with Gasteiger partial charge in [0.2, 0.25) is 5.96 Å². The Labute approximate surface area is 114 Å². The lowest BCUT2D eigenvalue weighted by Gasteiger charge is -2.26. The summed E-state index contributed by atoms with van der Waals surface area (Å²) in [6.07, 6.45) is 1.57. The first kappa shape index (κ1) is 12.3. The largest absolute Gasteiger partial charge is 0.336 e. The normalized spacial score (nSPS) is 19.6. The quantitative estimate of drug-likeness (QED) is 0.489. The van der Waals surface area contributed by atoms with Gasteiger partial charge in [0.25, 0.3) is 11.6 Å². The summed E-state index contributed by atoms with van der Waals surface area (Å²) < 4.78 is 0. The highest BCUT2D eigenvalue weighted by atomic mass is 16.6. The van der Waals surface area contributed by atoms with E-state index < -0.39 is 4.92 Å². The van der Waals surface area contributed by atoms with Crippen LogP contribution in [0.25, 0.3) is 6.08 Å². The van der Waals surface area contributed by atoms with Gasteiger partial charge >= 0.3 is 0 Å². The Kier molecular flexibility index (Phi) is 2.94. The minimum atomic E-state index is -0.449. The first-order chi connectivity index (χ1) is 9.65. The summed E-state index contributed by atoms with van der Waals surface area (Å²) in [5.41, 5.74) is 0.927. The number of rotatable bonds is 2. The molecule has 0 bridgehead atoms. The molecule has 20 heavy (non-hydrogen) atoms. The zero-order valence-corrected chi connectivity index (χ0v) is 10.6. The third kappa shape index (κ3) is 2.13. The summed E-state index contributed by atoms with van der Waals surface area (Å²) >= 11 is 0. The van der Waals surface area contributed by atoms with Crippen LogP contribution < -0.4 is 5.32 Å². The van der Waals surface area contributed by atoms with Gasteiger partial charge in [-0.05, 0) is 12.1 Å². The fraction of sp³-hybridized carbons (Fsp3) is 0.231. The van der Waals surface area contributed by atoms with Gasteiger partial charge in [-0.2, -0.15) is 0 Å². The lowest BCUT2D eigenvalue weighted by atomic mass is 10.1. The van der Waals surface area contributed by atoms with Crippen LogP contribution in [0.1, 0.15) is 5.56 Å². The Morgan fingerprint density at radius 1 is 1.40 bits per heavy atom. The lowest BCUT2D eigenvalue weighted by molar-refractivity contribution is -0.385. The van der Waals surface area contributed by atoms with Crippen LogP contribution in [-0.2, 0) is 4.79 Å². The van der Waals surface area contributed by atoms with Crippen molar-refractivity contribution in [2.24, 2.45) is 4.99 Å². The topological polar surface area (TPSA) is 87.8 Å². The van der Waals surface area contributed by atoms with Crippen molar-refractivity contribution in [3.63, 3.8) is 0 Å². The molecule has 1 aromatic rings. The van der Waals surface area contributed by atoms with Crippen LogP contribution in [0.3, 0.4) is 0 Å². The molecule has 7 nitrogen and oxygen atoms in total. The van der Waals surface area contributed by atoms with Gasteiger partial charge < -0.3 is 4.90 Å². The second-order valence-electron chi connectivity index (χ2n) is 4.57. The van der Waals surface area contributed by atoms with E-state index >= 15 is 0 Å². The summed E-state index contributed by atoms with van der Waals surface area (Å²) in [6, 6.07) is 6.37. The maximum absolute atomic E-state index is 12.0. The van der Waals surface area contributed by atoms with E-state index in [0.29, 0.717) is 30.2 Å². The first-order valence-corrected chi connectivity index (χ1v) is 6.20. The van der Waals surface area contributed by atoms with Gasteiger partial charge in [0.1, 0.15) is 0 Å². The van der Waals surface area contributed by atoms with Gasteiger partial charge in [0, 0.05) is 18.2 Å². The van der Waals surface area contributed by atoms with Crippen molar-refractivity contribution in [2.75, 3.05) is 19.6 Å². The number of guanidine groups is 1. The van der Waals surface area contributed by atoms with E-state index in [9.17, 15) is 14.9 Å². The van der Waals surface area contributed by atoms with E-state index in [0.717, 1.165) is 6.54 Å². The van der Waals surface area contributed by atoms with Crippen LogP contribution in [-0.4, -0.2) is 41.3 Å².